The van der Waals surface area contributed by atoms with Crippen LogP contribution in [0.2, 0.25) is 0 Å². The summed E-state index contributed by atoms with van der Waals surface area (Å²) in [5, 5.41) is 0. The molecule has 0 unspecified atom stereocenters. The van der Waals surface area contributed by atoms with E-state index in [0.717, 1.165) is 17.1 Å². The maximum Gasteiger partial charge on any atom is 0.137 e. The Morgan fingerprint density at radius 3 is 2.50 bits per heavy atom. The van der Waals surface area contributed by atoms with Gasteiger partial charge in [-0.15, -0.1) is 0 Å². The highest BCUT2D eigenvalue weighted by Gasteiger charge is 2.12. The van der Waals surface area contributed by atoms with Gasteiger partial charge in [-0.1, -0.05) is 6.07 Å². The van der Waals surface area contributed by atoms with Crippen LogP contribution < -0.4 is 10.6 Å². The third-order valence-electron chi connectivity index (χ3n) is 2.84. The third kappa shape index (κ3) is 2.49. The van der Waals surface area contributed by atoms with Crippen molar-refractivity contribution < 1.29 is 4.39 Å². The van der Waals surface area contributed by atoms with Crippen molar-refractivity contribution in [2.24, 2.45) is 5.73 Å². The molecule has 0 amide bonds. The van der Waals surface area contributed by atoms with Crippen molar-refractivity contribution in [3.05, 3.63) is 54.0 Å². The summed E-state index contributed by atoms with van der Waals surface area (Å²) < 4.78 is 12.9. The quantitative estimate of drug-likeness (QED) is 0.903. The smallest absolute Gasteiger partial charge is 0.137 e. The summed E-state index contributed by atoms with van der Waals surface area (Å²) >= 11 is 0. The Balaban J connectivity index is 2.39. The number of nitrogens with zero attached hydrogens (tertiary/aromatic N) is 2. The molecule has 18 heavy (non-hydrogen) atoms. The second kappa shape index (κ2) is 5.14. The molecule has 2 rings (SSSR count). The van der Waals surface area contributed by atoms with E-state index in [4.69, 9.17) is 5.73 Å². The van der Waals surface area contributed by atoms with Gasteiger partial charge in [0.15, 0.2) is 0 Å². The zero-order chi connectivity index (χ0) is 13.1. The van der Waals surface area contributed by atoms with Crippen LogP contribution in [0.15, 0.2) is 42.6 Å². The van der Waals surface area contributed by atoms with E-state index >= 15 is 0 Å². The molecule has 0 spiro atoms. The zero-order valence-corrected chi connectivity index (χ0v) is 10.5. The molecule has 1 atom stereocenters. The van der Waals surface area contributed by atoms with Crippen LogP contribution in [-0.4, -0.2) is 12.0 Å². The SMILES string of the molecule is C[C@H](N)c1cccnc1N(C)c1ccc(F)cc1. The Morgan fingerprint density at radius 2 is 1.89 bits per heavy atom. The molecule has 2 aromatic rings. The van der Waals surface area contributed by atoms with Crippen LogP contribution in [0.4, 0.5) is 15.9 Å². The van der Waals surface area contributed by atoms with Crippen molar-refractivity contribution in [2.45, 2.75) is 13.0 Å². The first kappa shape index (κ1) is 12.5. The Bertz CT molecular complexity index is 523. The van der Waals surface area contributed by atoms with E-state index < -0.39 is 0 Å². The van der Waals surface area contributed by atoms with E-state index in [1.54, 1.807) is 18.3 Å². The molecular formula is C14H16FN3. The van der Waals surface area contributed by atoms with Crippen LogP contribution in [0, 0.1) is 5.82 Å². The Labute approximate surface area is 106 Å². The van der Waals surface area contributed by atoms with Crippen molar-refractivity contribution in [1.29, 1.82) is 0 Å². The van der Waals surface area contributed by atoms with Gasteiger partial charge in [0.05, 0.1) is 0 Å². The number of anilines is 2. The number of hydrogen-bond acceptors (Lipinski definition) is 3. The standard InChI is InChI=1S/C14H16FN3/c1-10(16)13-4-3-9-17-14(13)18(2)12-7-5-11(15)6-8-12/h3-10H,16H2,1-2H3/t10-/m0/s1. The van der Waals surface area contributed by atoms with Gasteiger partial charge in [-0.05, 0) is 37.3 Å². The lowest BCUT2D eigenvalue weighted by atomic mass is 10.1. The Hall–Kier alpha value is -1.94. The minimum absolute atomic E-state index is 0.100. The van der Waals surface area contributed by atoms with Crippen molar-refractivity contribution in [2.75, 3.05) is 11.9 Å². The lowest BCUT2D eigenvalue weighted by Gasteiger charge is -2.22. The molecule has 0 saturated heterocycles. The van der Waals surface area contributed by atoms with Crippen molar-refractivity contribution in [1.82, 2.24) is 4.98 Å². The summed E-state index contributed by atoms with van der Waals surface area (Å²) in [7, 11) is 1.89. The van der Waals surface area contributed by atoms with Crippen LogP contribution in [0.1, 0.15) is 18.5 Å². The molecule has 1 aromatic heterocycles. The average Bonchev–Trinajstić information content (AvgIpc) is 2.39. The van der Waals surface area contributed by atoms with Gasteiger partial charge >= 0.3 is 0 Å². The van der Waals surface area contributed by atoms with E-state index in [-0.39, 0.29) is 11.9 Å². The van der Waals surface area contributed by atoms with Gasteiger partial charge in [0.2, 0.25) is 0 Å². The molecule has 2 N–H and O–H groups in total. The number of aromatic nitrogens is 1. The topological polar surface area (TPSA) is 42.1 Å². The normalized spacial score (nSPS) is 12.2. The van der Waals surface area contributed by atoms with Gasteiger partial charge in [0, 0.05) is 30.5 Å². The van der Waals surface area contributed by atoms with Gasteiger partial charge < -0.3 is 10.6 Å². The maximum atomic E-state index is 12.9. The fraction of sp³-hybridized carbons (Fsp3) is 0.214. The first-order chi connectivity index (χ1) is 8.59. The summed E-state index contributed by atoms with van der Waals surface area (Å²) in [5.74, 6) is 0.541. The second-order valence-electron chi connectivity index (χ2n) is 4.24. The van der Waals surface area contributed by atoms with E-state index in [1.165, 1.54) is 12.1 Å². The average molecular weight is 245 g/mol. The molecule has 0 fully saturated rings. The molecular weight excluding hydrogens is 229 g/mol. The number of nitrogens with two attached hydrogens (primary N) is 1. The van der Waals surface area contributed by atoms with E-state index in [1.807, 2.05) is 31.0 Å². The number of benzene rings is 1. The van der Waals surface area contributed by atoms with E-state index in [9.17, 15) is 4.39 Å². The van der Waals surface area contributed by atoms with Crippen LogP contribution in [-0.2, 0) is 0 Å². The molecule has 0 aliphatic rings. The molecule has 0 aliphatic carbocycles. The molecule has 0 radical (unpaired) electrons. The van der Waals surface area contributed by atoms with E-state index in [0.29, 0.717) is 0 Å². The minimum atomic E-state index is -0.249. The Kier molecular flexibility index (Phi) is 3.58. The highest BCUT2D eigenvalue weighted by Crippen LogP contribution is 2.27. The molecule has 0 saturated carbocycles. The van der Waals surface area contributed by atoms with Crippen molar-refractivity contribution in [3.8, 4) is 0 Å². The van der Waals surface area contributed by atoms with Gasteiger partial charge in [-0.25, -0.2) is 9.37 Å². The molecule has 0 aliphatic heterocycles. The van der Waals surface area contributed by atoms with Gasteiger partial charge in [0.25, 0.3) is 0 Å². The second-order valence-corrected chi connectivity index (χ2v) is 4.24. The monoisotopic (exact) mass is 245 g/mol. The fourth-order valence-electron chi connectivity index (χ4n) is 1.83. The first-order valence-corrected chi connectivity index (χ1v) is 5.79. The summed E-state index contributed by atoms with van der Waals surface area (Å²) in [6, 6.07) is 10.0. The van der Waals surface area contributed by atoms with Crippen LogP contribution in [0.5, 0.6) is 0 Å². The van der Waals surface area contributed by atoms with Crippen LogP contribution in [0.3, 0.4) is 0 Å². The number of pyridine rings is 1. The van der Waals surface area contributed by atoms with E-state index in [2.05, 4.69) is 4.98 Å². The Morgan fingerprint density at radius 1 is 1.22 bits per heavy atom. The van der Waals surface area contributed by atoms with Gasteiger partial charge in [-0.2, -0.15) is 0 Å². The highest BCUT2D eigenvalue weighted by atomic mass is 19.1. The number of halogens is 1. The summed E-state index contributed by atoms with van der Waals surface area (Å²) in [6.45, 7) is 1.92. The first-order valence-electron chi connectivity index (χ1n) is 5.79. The lowest BCUT2D eigenvalue weighted by Crippen LogP contribution is -2.17. The third-order valence-corrected chi connectivity index (χ3v) is 2.84. The zero-order valence-electron chi connectivity index (χ0n) is 10.5. The van der Waals surface area contributed by atoms with Crippen LogP contribution in [0.25, 0.3) is 0 Å². The van der Waals surface area contributed by atoms with Crippen molar-refractivity contribution in [3.63, 3.8) is 0 Å². The summed E-state index contributed by atoms with van der Waals surface area (Å²) in [5.41, 5.74) is 7.76. The predicted molar refractivity (Wildman–Crippen MR) is 71.3 cm³/mol. The summed E-state index contributed by atoms with van der Waals surface area (Å²) in [6.07, 6.45) is 1.72. The van der Waals surface area contributed by atoms with Gasteiger partial charge in [-0.3, -0.25) is 0 Å². The van der Waals surface area contributed by atoms with Gasteiger partial charge in [0.1, 0.15) is 11.6 Å². The molecule has 1 aromatic carbocycles. The lowest BCUT2D eigenvalue weighted by molar-refractivity contribution is 0.628. The van der Waals surface area contributed by atoms with Crippen molar-refractivity contribution >= 4 is 11.5 Å². The molecule has 4 heteroatoms. The minimum Gasteiger partial charge on any atom is -0.329 e. The fourth-order valence-corrected chi connectivity index (χ4v) is 1.83. The maximum absolute atomic E-state index is 12.9. The highest BCUT2D eigenvalue weighted by molar-refractivity contribution is 5.62. The molecule has 3 nitrogen and oxygen atoms in total. The largest absolute Gasteiger partial charge is 0.329 e. The molecule has 94 valence electrons. The molecule has 0 bridgehead atoms. The predicted octanol–water partition coefficient (Wildman–Crippen LogP) is 3.01. The number of rotatable bonds is 3. The summed E-state index contributed by atoms with van der Waals surface area (Å²) in [4.78, 5) is 6.25. The molecule has 1 heterocycles. The number of hydrogen-bond donors (Lipinski definition) is 1. The van der Waals surface area contributed by atoms with Crippen LogP contribution >= 0.6 is 0 Å².